The number of amides is 1. The number of rotatable bonds is 2. The lowest BCUT2D eigenvalue weighted by molar-refractivity contribution is -0.121. The van der Waals surface area contributed by atoms with Crippen LogP contribution in [0.1, 0.15) is 32.3 Å². The first-order chi connectivity index (χ1) is 9.16. The normalized spacial score (nSPS) is 16.4. The van der Waals surface area contributed by atoms with E-state index < -0.39 is 0 Å². The highest BCUT2D eigenvalue weighted by atomic mass is 16.1. The van der Waals surface area contributed by atoms with Crippen LogP contribution in [-0.2, 0) is 4.79 Å². The summed E-state index contributed by atoms with van der Waals surface area (Å²) in [6.45, 7) is 8.06. The first kappa shape index (κ1) is 15.7. The molecule has 0 radical (unpaired) electrons. The van der Waals surface area contributed by atoms with E-state index in [0.717, 1.165) is 37.2 Å². The van der Waals surface area contributed by atoms with Gasteiger partial charge in [0.1, 0.15) is 0 Å². The fourth-order valence-electron chi connectivity index (χ4n) is 2.22. The minimum Gasteiger partial charge on any atom is -0.326 e. The molecule has 1 aliphatic heterocycles. The minimum atomic E-state index is 0.172. The van der Waals surface area contributed by atoms with Crippen molar-refractivity contribution in [2.75, 3.05) is 25.5 Å². The number of para-hydroxylation sites is 1. The van der Waals surface area contributed by atoms with Crippen LogP contribution in [0.15, 0.2) is 24.3 Å². The van der Waals surface area contributed by atoms with E-state index in [9.17, 15) is 4.79 Å². The highest BCUT2D eigenvalue weighted by Crippen LogP contribution is 2.20. The molecule has 1 aliphatic rings. The van der Waals surface area contributed by atoms with Crippen molar-refractivity contribution < 1.29 is 4.79 Å². The van der Waals surface area contributed by atoms with E-state index in [1.807, 2.05) is 45.0 Å². The third-order valence-corrected chi connectivity index (χ3v) is 3.49. The summed E-state index contributed by atoms with van der Waals surface area (Å²) in [7, 11) is 2.11. The van der Waals surface area contributed by atoms with Crippen LogP contribution >= 0.6 is 0 Å². The maximum atomic E-state index is 12.1. The van der Waals surface area contributed by atoms with E-state index in [1.165, 1.54) is 0 Å². The number of hydrogen-bond acceptors (Lipinski definition) is 2. The third-order valence-electron chi connectivity index (χ3n) is 3.49. The number of hydrogen-bond donors (Lipinski definition) is 1. The van der Waals surface area contributed by atoms with Crippen molar-refractivity contribution in [2.45, 2.75) is 33.6 Å². The quantitative estimate of drug-likeness (QED) is 0.887. The Balaban J connectivity index is 0.000000861. The fraction of sp³-hybridized carbons (Fsp3) is 0.562. The summed E-state index contributed by atoms with van der Waals surface area (Å²) in [6, 6.07) is 7.92. The van der Waals surface area contributed by atoms with E-state index in [1.54, 1.807) is 0 Å². The van der Waals surface area contributed by atoms with Gasteiger partial charge in [0.25, 0.3) is 0 Å². The van der Waals surface area contributed by atoms with E-state index in [4.69, 9.17) is 0 Å². The molecule has 3 nitrogen and oxygen atoms in total. The van der Waals surface area contributed by atoms with Crippen LogP contribution in [0.5, 0.6) is 0 Å². The Morgan fingerprint density at radius 1 is 1.21 bits per heavy atom. The molecular formula is C16H26N2O. The SMILES string of the molecule is CC.Cc1ccccc1NC(=O)C1CCN(C)CC1. The van der Waals surface area contributed by atoms with Crippen LogP contribution in [0.3, 0.4) is 0 Å². The molecule has 0 spiro atoms. The molecule has 0 saturated carbocycles. The van der Waals surface area contributed by atoms with Gasteiger partial charge < -0.3 is 10.2 Å². The number of nitrogens with one attached hydrogen (secondary N) is 1. The largest absolute Gasteiger partial charge is 0.326 e. The zero-order chi connectivity index (χ0) is 14.3. The van der Waals surface area contributed by atoms with Gasteiger partial charge in [0.05, 0.1) is 0 Å². The number of benzene rings is 1. The third kappa shape index (κ3) is 4.67. The van der Waals surface area contributed by atoms with Crippen molar-refractivity contribution in [1.29, 1.82) is 0 Å². The van der Waals surface area contributed by atoms with E-state index in [2.05, 4.69) is 17.3 Å². The van der Waals surface area contributed by atoms with Gasteiger partial charge in [0.2, 0.25) is 5.91 Å². The molecule has 0 atom stereocenters. The molecule has 0 unspecified atom stereocenters. The van der Waals surface area contributed by atoms with Crippen molar-refractivity contribution in [2.24, 2.45) is 5.92 Å². The number of carbonyl (C=O) groups excluding carboxylic acids is 1. The van der Waals surface area contributed by atoms with Gasteiger partial charge in [-0.25, -0.2) is 0 Å². The van der Waals surface area contributed by atoms with Gasteiger partial charge >= 0.3 is 0 Å². The Labute approximate surface area is 117 Å². The Hall–Kier alpha value is -1.35. The Morgan fingerprint density at radius 3 is 2.37 bits per heavy atom. The molecule has 0 aromatic heterocycles. The van der Waals surface area contributed by atoms with Gasteiger partial charge in [-0.1, -0.05) is 32.0 Å². The van der Waals surface area contributed by atoms with Crippen molar-refractivity contribution >= 4 is 11.6 Å². The number of carbonyl (C=O) groups is 1. The summed E-state index contributed by atoms with van der Waals surface area (Å²) in [5.74, 6) is 0.346. The van der Waals surface area contributed by atoms with E-state index >= 15 is 0 Å². The average molecular weight is 262 g/mol. The summed E-state index contributed by atoms with van der Waals surface area (Å²) in [6.07, 6.45) is 1.93. The van der Waals surface area contributed by atoms with Crippen molar-refractivity contribution in [1.82, 2.24) is 4.90 Å². The molecule has 19 heavy (non-hydrogen) atoms. The van der Waals surface area contributed by atoms with Gasteiger partial charge in [0.15, 0.2) is 0 Å². The van der Waals surface area contributed by atoms with Crippen LogP contribution in [0.4, 0.5) is 5.69 Å². The van der Waals surface area contributed by atoms with Crippen LogP contribution in [-0.4, -0.2) is 30.9 Å². The molecule has 3 heteroatoms. The maximum Gasteiger partial charge on any atom is 0.227 e. The second-order valence-corrected chi connectivity index (χ2v) is 4.88. The summed E-state index contributed by atoms with van der Waals surface area (Å²) in [4.78, 5) is 14.4. The summed E-state index contributed by atoms with van der Waals surface area (Å²) < 4.78 is 0. The molecule has 1 N–H and O–H groups in total. The average Bonchev–Trinajstić information content (AvgIpc) is 2.44. The molecular weight excluding hydrogens is 236 g/mol. The standard InChI is InChI=1S/C14H20N2O.C2H6/c1-11-5-3-4-6-13(11)15-14(17)12-7-9-16(2)10-8-12;1-2/h3-6,12H,7-10H2,1-2H3,(H,15,17);1-2H3. The van der Waals surface area contributed by atoms with Gasteiger partial charge in [0, 0.05) is 11.6 Å². The molecule has 2 rings (SSSR count). The van der Waals surface area contributed by atoms with Gasteiger partial charge in [-0.15, -0.1) is 0 Å². The summed E-state index contributed by atoms with van der Waals surface area (Å²) >= 11 is 0. The first-order valence-corrected chi connectivity index (χ1v) is 7.22. The predicted molar refractivity (Wildman–Crippen MR) is 81.4 cm³/mol. The number of aryl methyl sites for hydroxylation is 1. The van der Waals surface area contributed by atoms with E-state index in [-0.39, 0.29) is 11.8 Å². The minimum absolute atomic E-state index is 0.172. The van der Waals surface area contributed by atoms with Crippen LogP contribution < -0.4 is 5.32 Å². The Kier molecular flexibility index (Phi) is 6.57. The summed E-state index contributed by atoms with van der Waals surface area (Å²) in [5.41, 5.74) is 2.06. The first-order valence-electron chi connectivity index (χ1n) is 7.22. The molecule has 106 valence electrons. The molecule has 1 amide bonds. The van der Waals surface area contributed by atoms with Crippen molar-refractivity contribution in [3.63, 3.8) is 0 Å². The van der Waals surface area contributed by atoms with E-state index in [0.29, 0.717) is 0 Å². The van der Waals surface area contributed by atoms with Gasteiger partial charge in [-0.05, 0) is 51.5 Å². The Bertz CT molecular complexity index is 395. The maximum absolute atomic E-state index is 12.1. The number of nitrogens with zero attached hydrogens (tertiary/aromatic N) is 1. The van der Waals surface area contributed by atoms with Crippen molar-refractivity contribution in [3.05, 3.63) is 29.8 Å². The van der Waals surface area contributed by atoms with Gasteiger partial charge in [-0.3, -0.25) is 4.79 Å². The second-order valence-electron chi connectivity index (χ2n) is 4.88. The number of anilines is 1. The van der Waals surface area contributed by atoms with Crippen LogP contribution in [0.2, 0.25) is 0 Å². The molecule has 1 heterocycles. The smallest absolute Gasteiger partial charge is 0.227 e. The van der Waals surface area contributed by atoms with Crippen LogP contribution in [0.25, 0.3) is 0 Å². The number of likely N-dealkylation sites (tertiary alicyclic amines) is 1. The molecule has 1 aromatic rings. The lowest BCUT2D eigenvalue weighted by Gasteiger charge is -2.28. The van der Waals surface area contributed by atoms with Gasteiger partial charge in [-0.2, -0.15) is 0 Å². The molecule has 1 saturated heterocycles. The monoisotopic (exact) mass is 262 g/mol. The fourth-order valence-corrected chi connectivity index (χ4v) is 2.22. The highest BCUT2D eigenvalue weighted by molar-refractivity contribution is 5.93. The molecule has 0 bridgehead atoms. The Morgan fingerprint density at radius 2 is 1.79 bits per heavy atom. The summed E-state index contributed by atoms with van der Waals surface area (Å²) in [5, 5.41) is 3.04. The predicted octanol–water partition coefficient (Wildman–Crippen LogP) is 3.30. The molecule has 1 fully saturated rings. The zero-order valence-corrected chi connectivity index (χ0v) is 12.6. The zero-order valence-electron chi connectivity index (χ0n) is 12.6. The molecule has 1 aromatic carbocycles. The lowest BCUT2D eigenvalue weighted by atomic mass is 9.96. The topological polar surface area (TPSA) is 32.3 Å². The van der Waals surface area contributed by atoms with Crippen molar-refractivity contribution in [3.8, 4) is 0 Å². The second kappa shape index (κ2) is 7.95. The highest BCUT2D eigenvalue weighted by Gasteiger charge is 2.23. The van der Waals surface area contributed by atoms with Crippen LogP contribution in [0, 0.1) is 12.8 Å². The number of piperidine rings is 1. The lowest BCUT2D eigenvalue weighted by Crippen LogP contribution is -2.36. The molecule has 0 aliphatic carbocycles.